The SMILES string of the molecule is CC(C)NC(=O)[C@H](Cc1ccccc1)N(Cc1c(Cl)cccc1Cl)C(=O)CN(c1ccc2c(c1)OCCO2)S(C)(=O)=O. The topological polar surface area (TPSA) is 105 Å². The molecule has 0 saturated heterocycles. The van der Waals surface area contributed by atoms with E-state index in [0.717, 1.165) is 16.1 Å². The Hall–Kier alpha value is -3.47. The predicted octanol–water partition coefficient (Wildman–Crippen LogP) is 4.70. The molecule has 0 aliphatic carbocycles. The average molecular weight is 635 g/mol. The molecule has 1 atom stereocenters. The smallest absolute Gasteiger partial charge is 0.244 e. The molecule has 224 valence electrons. The van der Waals surface area contributed by atoms with Crippen LogP contribution in [-0.4, -0.2) is 63.2 Å². The van der Waals surface area contributed by atoms with Crippen molar-refractivity contribution in [2.24, 2.45) is 0 Å². The average Bonchev–Trinajstić information content (AvgIpc) is 2.94. The maximum atomic E-state index is 14.2. The molecule has 1 N–H and O–H groups in total. The number of halogens is 2. The van der Waals surface area contributed by atoms with Gasteiger partial charge in [0.1, 0.15) is 25.8 Å². The van der Waals surface area contributed by atoms with Crippen molar-refractivity contribution in [3.05, 3.63) is 87.9 Å². The number of ether oxygens (including phenoxy) is 2. The van der Waals surface area contributed by atoms with Crippen molar-refractivity contribution in [1.82, 2.24) is 10.2 Å². The minimum atomic E-state index is -3.95. The maximum absolute atomic E-state index is 14.2. The van der Waals surface area contributed by atoms with E-state index >= 15 is 0 Å². The highest BCUT2D eigenvalue weighted by Crippen LogP contribution is 2.35. The fraction of sp³-hybridized carbons (Fsp3) is 0.333. The second-order valence-corrected chi connectivity index (χ2v) is 12.9. The van der Waals surface area contributed by atoms with E-state index in [-0.39, 0.29) is 24.7 Å². The molecule has 12 heteroatoms. The number of carbonyl (C=O) groups excluding carboxylic acids is 2. The van der Waals surface area contributed by atoms with Gasteiger partial charge in [-0.3, -0.25) is 13.9 Å². The Labute approximate surface area is 256 Å². The number of nitrogens with one attached hydrogen (secondary N) is 1. The van der Waals surface area contributed by atoms with Crippen LogP contribution in [0.4, 0.5) is 5.69 Å². The second-order valence-electron chi connectivity index (χ2n) is 10.2. The van der Waals surface area contributed by atoms with Crippen molar-refractivity contribution in [3.8, 4) is 11.5 Å². The number of benzene rings is 3. The van der Waals surface area contributed by atoms with Crippen molar-refractivity contribution in [1.29, 1.82) is 0 Å². The van der Waals surface area contributed by atoms with Gasteiger partial charge in [-0.05, 0) is 43.7 Å². The number of rotatable bonds is 11. The van der Waals surface area contributed by atoms with Gasteiger partial charge in [0.2, 0.25) is 21.8 Å². The number of nitrogens with zero attached hydrogens (tertiary/aromatic N) is 2. The molecular formula is C30H33Cl2N3O6S. The van der Waals surface area contributed by atoms with Gasteiger partial charge < -0.3 is 19.7 Å². The van der Waals surface area contributed by atoms with Crippen LogP contribution in [-0.2, 0) is 32.6 Å². The molecule has 2 amide bonds. The number of carbonyl (C=O) groups is 2. The monoisotopic (exact) mass is 633 g/mol. The fourth-order valence-electron chi connectivity index (χ4n) is 4.59. The largest absolute Gasteiger partial charge is 0.486 e. The van der Waals surface area contributed by atoms with Crippen molar-refractivity contribution in [3.63, 3.8) is 0 Å². The van der Waals surface area contributed by atoms with Gasteiger partial charge in [-0.15, -0.1) is 0 Å². The van der Waals surface area contributed by atoms with Crippen LogP contribution in [0, 0.1) is 0 Å². The maximum Gasteiger partial charge on any atom is 0.244 e. The van der Waals surface area contributed by atoms with E-state index in [0.29, 0.717) is 40.3 Å². The van der Waals surface area contributed by atoms with Crippen LogP contribution in [0.2, 0.25) is 10.0 Å². The number of hydrogen-bond acceptors (Lipinski definition) is 6. The van der Waals surface area contributed by atoms with Crippen molar-refractivity contribution < 1.29 is 27.5 Å². The molecular weight excluding hydrogens is 601 g/mol. The summed E-state index contributed by atoms with van der Waals surface area (Å²) in [5, 5.41) is 3.53. The summed E-state index contributed by atoms with van der Waals surface area (Å²) in [6.45, 7) is 3.62. The summed E-state index contributed by atoms with van der Waals surface area (Å²) in [4.78, 5) is 29.2. The summed E-state index contributed by atoms with van der Waals surface area (Å²) < 4.78 is 38.2. The van der Waals surface area contributed by atoms with E-state index in [1.54, 1.807) is 30.3 Å². The lowest BCUT2D eigenvalue weighted by atomic mass is 10.0. The van der Waals surface area contributed by atoms with Crippen LogP contribution in [0.1, 0.15) is 25.0 Å². The van der Waals surface area contributed by atoms with Crippen LogP contribution in [0.25, 0.3) is 0 Å². The Morgan fingerprint density at radius 1 is 0.929 bits per heavy atom. The summed E-state index contributed by atoms with van der Waals surface area (Å²) in [6.07, 6.45) is 1.19. The first-order valence-corrected chi connectivity index (χ1v) is 16.0. The lowest BCUT2D eigenvalue weighted by Crippen LogP contribution is -2.54. The first-order chi connectivity index (χ1) is 19.9. The molecule has 3 aromatic carbocycles. The molecule has 0 radical (unpaired) electrons. The lowest BCUT2D eigenvalue weighted by Gasteiger charge is -2.34. The molecule has 0 saturated carbocycles. The van der Waals surface area contributed by atoms with E-state index in [9.17, 15) is 18.0 Å². The van der Waals surface area contributed by atoms with Gasteiger partial charge in [0, 0.05) is 40.7 Å². The van der Waals surface area contributed by atoms with E-state index in [2.05, 4.69) is 5.32 Å². The van der Waals surface area contributed by atoms with Crippen molar-refractivity contribution >= 4 is 50.7 Å². The third-order valence-corrected chi connectivity index (χ3v) is 8.43. The molecule has 0 bridgehead atoms. The van der Waals surface area contributed by atoms with Crippen molar-refractivity contribution in [2.45, 2.75) is 38.9 Å². The summed E-state index contributed by atoms with van der Waals surface area (Å²) >= 11 is 13.0. The zero-order chi connectivity index (χ0) is 30.4. The van der Waals surface area contributed by atoms with E-state index in [4.69, 9.17) is 32.7 Å². The number of fused-ring (bicyclic) bond motifs is 1. The zero-order valence-corrected chi connectivity index (χ0v) is 25.9. The van der Waals surface area contributed by atoms with Gasteiger partial charge in [0.15, 0.2) is 11.5 Å². The Kier molecular flexibility index (Phi) is 10.2. The predicted molar refractivity (Wildman–Crippen MR) is 164 cm³/mol. The number of hydrogen-bond donors (Lipinski definition) is 1. The summed E-state index contributed by atoms with van der Waals surface area (Å²) in [6, 6.07) is 17.7. The molecule has 42 heavy (non-hydrogen) atoms. The van der Waals surface area contributed by atoms with Gasteiger partial charge in [-0.2, -0.15) is 0 Å². The second kappa shape index (κ2) is 13.7. The van der Waals surface area contributed by atoms with Crippen molar-refractivity contribution in [2.75, 3.05) is 30.3 Å². The lowest BCUT2D eigenvalue weighted by molar-refractivity contribution is -0.140. The van der Waals surface area contributed by atoms with Gasteiger partial charge in [-0.1, -0.05) is 59.6 Å². The quantitative estimate of drug-likeness (QED) is 0.328. The minimum Gasteiger partial charge on any atom is -0.486 e. The molecule has 1 heterocycles. The third-order valence-electron chi connectivity index (χ3n) is 6.59. The Morgan fingerprint density at radius 2 is 1.57 bits per heavy atom. The van der Waals surface area contributed by atoms with Crippen LogP contribution in [0.3, 0.4) is 0 Å². The van der Waals surface area contributed by atoms with Crippen LogP contribution in [0.5, 0.6) is 11.5 Å². The Bertz CT molecular complexity index is 1510. The van der Waals surface area contributed by atoms with Crippen LogP contribution < -0.4 is 19.1 Å². The first kappa shape index (κ1) is 31.5. The van der Waals surface area contributed by atoms with Gasteiger partial charge in [0.25, 0.3) is 0 Å². The fourth-order valence-corrected chi connectivity index (χ4v) is 5.95. The number of amides is 2. The highest BCUT2D eigenvalue weighted by molar-refractivity contribution is 7.92. The summed E-state index contributed by atoms with van der Waals surface area (Å²) in [5.41, 5.74) is 1.48. The molecule has 0 spiro atoms. The highest BCUT2D eigenvalue weighted by atomic mass is 35.5. The van der Waals surface area contributed by atoms with Gasteiger partial charge in [0.05, 0.1) is 11.9 Å². The van der Waals surface area contributed by atoms with Gasteiger partial charge >= 0.3 is 0 Å². The van der Waals surface area contributed by atoms with Crippen LogP contribution >= 0.6 is 23.2 Å². The summed E-state index contributed by atoms with van der Waals surface area (Å²) in [7, 11) is -3.95. The molecule has 3 aromatic rings. The minimum absolute atomic E-state index is 0.126. The van der Waals surface area contributed by atoms with E-state index < -0.39 is 34.4 Å². The molecule has 9 nitrogen and oxygen atoms in total. The number of sulfonamides is 1. The van der Waals surface area contributed by atoms with Gasteiger partial charge in [-0.25, -0.2) is 8.42 Å². The standard InChI is InChI=1S/C30H33Cl2N3O6S/c1-20(2)33-30(37)26(16-21-8-5-4-6-9-21)34(18-23-24(31)10-7-11-25(23)32)29(36)19-35(42(3,38)39)22-12-13-27-28(17-22)41-15-14-40-27/h4-13,17,20,26H,14-16,18-19H2,1-3H3,(H,33,37)/t26-/m0/s1. The summed E-state index contributed by atoms with van der Waals surface area (Å²) in [5.74, 6) is -0.160. The van der Waals surface area contributed by atoms with E-state index in [1.807, 2.05) is 44.2 Å². The molecule has 4 rings (SSSR count). The molecule has 0 unspecified atom stereocenters. The van der Waals surface area contributed by atoms with Crippen LogP contribution in [0.15, 0.2) is 66.7 Å². The first-order valence-electron chi connectivity index (χ1n) is 13.4. The highest BCUT2D eigenvalue weighted by Gasteiger charge is 2.34. The normalized spacial score (nSPS) is 13.4. The molecule has 1 aliphatic rings. The third kappa shape index (κ3) is 7.87. The molecule has 0 fully saturated rings. The Balaban J connectivity index is 1.76. The molecule has 0 aromatic heterocycles. The molecule has 1 aliphatic heterocycles. The van der Waals surface area contributed by atoms with E-state index in [1.165, 1.54) is 11.0 Å². The Morgan fingerprint density at radius 3 is 2.19 bits per heavy atom. The zero-order valence-electron chi connectivity index (χ0n) is 23.5. The number of anilines is 1.